The molecule has 3 rings (SSSR count). The predicted octanol–water partition coefficient (Wildman–Crippen LogP) is 2.63. The number of carbonyl (C=O) groups excluding carboxylic acids is 1. The van der Waals surface area contributed by atoms with Crippen LogP contribution < -0.4 is 5.46 Å². The van der Waals surface area contributed by atoms with Gasteiger partial charge in [-0.15, -0.1) is 0 Å². The van der Waals surface area contributed by atoms with Crippen LogP contribution in [0.5, 0.6) is 0 Å². The number of ether oxygens (including phenoxy) is 1. The number of likely N-dealkylation sites (tertiary alicyclic amines) is 1. The number of hydrogen-bond acceptors (Lipinski definition) is 5. The lowest BCUT2D eigenvalue weighted by atomic mass is 9.79. The summed E-state index contributed by atoms with van der Waals surface area (Å²) < 4.78 is 17.4. The Bertz CT molecular complexity index is 701. The predicted molar refractivity (Wildman–Crippen MR) is 99.9 cm³/mol. The fraction of sp³-hybridized carbons (Fsp3) is 0.579. The molecule has 27 heavy (non-hydrogen) atoms. The second-order valence-electron chi connectivity index (χ2n) is 8.04. The number of carboxylic acid groups (broad SMARTS) is 1. The highest BCUT2D eigenvalue weighted by Crippen LogP contribution is 2.36. The van der Waals surface area contributed by atoms with Gasteiger partial charge in [-0.3, -0.25) is 4.90 Å². The Kier molecular flexibility index (Phi) is 5.23. The lowest BCUT2D eigenvalue weighted by molar-refractivity contribution is -0.0398. The molecule has 8 heteroatoms. The highest BCUT2D eigenvalue weighted by atomic mass is 16.7. The standard InChI is InChI=1S/C19H26BNO6/c1-18(2)19(3,4)27-20(26-18)14-10-8-13(9-11-14)16(22)25-15-7-5-6-12-21(15)17(23)24/h8-11,15H,5-7,12H2,1-4H3,(H,23,24). The molecule has 1 N–H and O–H groups in total. The third-order valence-electron chi connectivity index (χ3n) is 5.61. The molecular formula is C19H26BNO6. The molecule has 1 amide bonds. The van der Waals surface area contributed by atoms with Crippen molar-refractivity contribution < 1.29 is 28.7 Å². The molecule has 7 nitrogen and oxygen atoms in total. The molecule has 2 aliphatic heterocycles. The van der Waals surface area contributed by atoms with Gasteiger partial charge < -0.3 is 19.2 Å². The minimum absolute atomic E-state index is 0.367. The average Bonchev–Trinajstić information content (AvgIpc) is 2.83. The maximum absolute atomic E-state index is 12.4. The van der Waals surface area contributed by atoms with Crippen LogP contribution in [0.4, 0.5) is 4.79 Å². The summed E-state index contributed by atoms with van der Waals surface area (Å²) in [6, 6.07) is 6.84. The Balaban J connectivity index is 1.67. The number of esters is 1. The van der Waals surface area contributed by atoms with Gasteiger partial charge in [-0.2, -0.15) is 0 Å². The molecule has 0 saturated carbocycles. The van der Waals surface area contributed by atoms with Crippen LogP contribution in [0.2, 0.25) is 0 Å². The fourth-order valence-corrected chi connectivity index (χ4v) is 3.19. The van der Waals surface area contributed by atoms with Gasteiger partial charge in [0.05, 0.1) is 16.8 Å². The number of carbonyl (C=O) groups is 2. The smallest absolute Gasteiger partial charge is 0.465 e. The molecule has 2 heterocycles. The number of amides is 1. The summed E-state index contributed by atoms with van der Waals surface area (Å²) in [5, 5.41) is 9.24. The second kappa shape index (κ2) is 7.17. The first kappa shape index (κ1) is 19.7. The molecule has 1 atom stereocenters. The van der Waals surface area contributed by atoms with Gasteiger partial charge in [0.15, 0.2) is 6.23 Å². The quantitative estimate of drug-likeness (QED) is 0.646. The van der Waals surface area contributed by atoms with E-state index in [2.05, 4.69) is 0 Å². The Labute approximate surface area is 159 Å². The van der Waals surface area contributed by atoms with Gasteiger partial charge in [0.25, 0.3) is 0 Å². The van der Waals surface area contributed by atoms with Crippen LogP contribution in [0.15, 0.2) is 24.3 Å². The molecule has 2 fully saturated rings. The lowest BCUT2D eigenvalue weighted by Gasteiger charge is -2.32. The van der Waals surface area contributed by atoms with Crippen molar-refractivity contribution in [2.24, 2.45) is 0 Å². The third-order valence-corrected chi connectivity index (χ3v) is 5.61. The maximum Gasteiger partial charge on any atom is 0.494 e. The number of rotatable bonds is 3. The molecule has 146 valence electrons. The van der Waals surface area contributed by atoms with Gasteiger partial charge in [-0.1, -0.05) is 12.1 Å². The first-order chi connectivity index (χ1) is 12.6. The van der Waals surface area contributed by atoms with Crippen molar-refractivity contribution >= 4 is 24.6 Å². The normalized spacial score (nSPS) is 23.9. The Hall–Kier alpha value is -2.06. The van der Waals surface area contributed by atoms with E-state index in [4.69, 9.17) is 14.0 Å². The fourth-order valence-electron chi connectivity index (χ4n) is 3.19. The molecule has 0 radical (unpaired) electrons. The highest BCUT2D eigenvalue weighted by Gasteiger charge is 2.51. The number of piperidine rings is 1. The van der Waals surface area contributed by atoms with E-state index in [9.17, 15) is 14.7 Å². The molecule has 1 aromatic rings. The number of nitrogens with zero attached hydrogens (tertiary/aromatic N) is 1. The number of hydrogen-bond donors (Lipinski definition) is 1. The van der Waals surface area contributed by atoms with Crippen molar-refractivity contribution in [2.75, 3.05) is 6.54 Å². The van der Waals surface area contributed by atoms with E-state index in [1.807, 2.05) is 27.7 Å². The van der Waals surface area contributed by atoms with Gasteiger partial charge in [0.1, 0.15) is 0 Å². The van der Waals surface area contributed by atoms with Crippen LogP contribution in [0.25, 0.3) is 0 Å². The van der Waals surface area contributed by atoms with Crippen LogP contribution in [-0.4, -0.2) is 53.2 Å². The van der Waals surface area contributed by atoms with Crippen molar-refractivity contribution in [1.82, 2.24) is 4.90 Å². The summed E-state index contributed by atoms with van der Waals surface area (Å²) in [6.45, 7) is 8.32. The molecule has 0 bridgehead atoms. The molecule has 2 aliphatic rings. The summed E-state index contributed by atoms with van der Waals surface area (Å²) in [7, 11) is -0.499. The Morgan fingerprint density at radius 3 is 2.26 bits per heavy atom. The molecule has 0 aliphatic carbocycles. The van der Waals surface area contributed by atoms with Crippen LogP contribution in [0.3, 0.4) is 0 Å². The lowest BCUT2D eigenvalue weighted by Crippen LogP contribution is -2.45. The second-order valence-corrected chi connectivity index (χ2v) is 8.04. The zero-order valence-corrected chi connectivity index (χ0v) is 16.2. The summed E-state index contributed by atoms with van der Waals surface area (Å²) in [5.41, 5.74) is 0.314. The van der Waals surface area contributed by atoms with Gasteiger partial charge >= 0.3 is 19.2 Å². The van der Waals surface area contributed by atoms with Crippen molar-refractivity contribution in [2.45, 2.75) is 64.4 Å². The summed E-state index contributed by atoms with van der Waals surface area (Å²) in [6.07, 6.45) is 0.339. The zero-order valence-electron chi connectivity index (χ0n) is 16.2. The van der Waals surface area contributed by atoms with Gasteiger partial charge in [0.2, 0.25) is 0 Å². The highest BCUT2D eigenvalue weighted by molar-refractivity contribution is 6.62. The molecule has 0 aromatic heterocycles. The summed E-state index contributed by atoms with van der Waals surface area (Å²) >= 11 is 0. The zero-order chi connectivity index (χ0) is 19.8. The van der Waals surface area contributed by atoms with Gasteiger partial charge in [0, 0.05) is 13.0 Å². The first-order valence-corrected chi connectivity index (χ1v) is 9.27. The molecule has 2 saturated heterocycles. The Morgan fingerprint density at radius 1 is 1.11 bits per heavy atom. The van der Waals surface area contributed by atoms with E-state index >= 15 is 0 Å². The van der Waals surface area contributed by atoms with E-state index in [1.54, 1.807) is 24.3 Å². The van der Waals surface area contributed by atoms with Gasteiger partial charge in [-0.05, 0) is 58.1 Å². The largest absolute Gasteiger partial charge is 0.494 e. The SMILES string of the molecule is CC1(C)OB(c2ccc(C(=O)OC3CCCCN3C(=O)O)cc2)OC1(C)C. The van der Waals surface area contributed by atoms with Crippen molar-refractivity contribution in [3.05, 3.63) is 29.8 Å². The maximum atomic E-state index is 12.4. The van der Waals surface area contributed by atoms with Crippen molar-refractivity contribution in [3.63, 3.8) is 0 Å². The van der Waals surface area contributed by atoms with Gasteiger partial charge in [-0.25, -0.2) is 9.59 Å². The molecular weight excluding hydrogens is 349 g/mol. The Morgan fingerprint density at radius 2 is 1.70 bits per heavy atom. The van der Waals surface area contributed by atoms with E-state index in [-0.39, 0.29) is 0 Å². The van der Waals surface area contributed by atoms with Crippen molar-refractivity contribution in [3.8, 4) is 0 Å². The number of benzene rings is 1. The average molecular weight is 375 g/mol. The summed E-state index contributed by atoms with van der Waals surface area (Å²) in [5.74, 6) is -0.534. The van der Waals surface area contributed by atoms with Crippen LogP contribution in [0, 0.1) is 0 Å². The molecule has 1 unspecified atom stereocenters. The molecule has 0 spiro atoms. The topological polar surface area (TPSA) is 85.3 Å². The minimum atomic E-state index is -1.07. The van der Waals surface area contributed by atoms with E-state index < -0.39 is 36.6 Å². The van der Waals surface area contributed by atoms with Crippen LogP contribution >= 0.6 is 0 Å². The van der Waals surface area contributed by atoms with E-state index in [0.717, 1.165) is 18.3 Å². The van der Waals surface area contributed by atoms with Crippen LogP contribution in [-0.2, 0) is 14.0 Å². The van der Waals surface area contributed by atoms with E-state index in [0.29, 0.717) is 18.5 Å². The van der Waals surface area contributed by atoms with Crippen LogP contribution in [0.1, 0.15) is 57.3 Å². The summed E-state index contributed by atoms with van der Waals surface area (Å²) in [4.78, 5) is 24.9. The molecule has 1 aromatic carbocycles. The first-order valence-electron chi connectivity index (χ1n) is 9.27. The third kappa shape index (κ3) is 3.96. The van der Waals surface area contributed by atoms with E-state index in [1.165, 1.54) is 4.90 Å². The monoisotopic (exact) mass is 375 g/mol. The minimum Gasteiger partial charge on any atom is -0.465 e. The van der Waals surface area contributed by atoms with Crippen molar-refractivity contribution in [1.29, 1.82) is 0 Å².